The molecule has 3 aliphatic rings. The Labute approximate surface area is 785 Å². The number of aryl methyl sites for hydroxylation is 3. The predicted octanol–water partition coefficient (Wildman–Crippen LogP) is 17.7. The van der Waals surface area contributed by atoms with Crippen molar-refractivity contribution in [3.63, 3.8) is 0 Å². The topological polar surface area (TPSA) is 443 Å². The molecule has 6 aromatic heterocycles. The van der Waals surface area contributed by atoms with Gasteiger partial charge in [0.05, 0.1) is 106 Å². The molecule has 3 aliphatic heterocycles. The van der Waals surface area contributed by atoms with Gasteiger partial charge in [0.25, 0.3) is 0 Å². The average Bonchev–Trinajstić information content (AvgIpc) is 1.49. The SMILES string of the molecule is Cc1cc(Nc2nc(Nc3ccccc3S(=O)(=O)C(C)C)c3cc[nH]c3n2)c(OC(C)C)cc1C1CCN(C(=O)N(C)C)CC1.Cc1cc(Nc2nc(Nc3ccccc3S(=O)(=O)C(C)C)c3cc[nH]c3n2)c(OC(C)C)cc1C1CCN(CC(N)=O)CC1.Cc1cc(Nc2nc(Nc3ccccc3S(=O)(=O)C(C)C)c3cc[nH]c3n2)c(OC(C)C)cc1C1CCN(CCC(N)=O)CC1. The molecule has 13 N–H and O–H groups in total. The standard InChI is InChI=1S/2C33H43N7O4S.C32H41N7O4S/c1-20(2)44-28-19-25(23-13-16-40(17-14-23)33(41)39(6)7)22(5)18-27(28)36-32-37-30-24(12-15-34-30)31(38-32)35-26-10-8-9-11-29(26)45(42,43)21(3)4;1-20(2)44-28-19-25(23-11-15-40(16-12-23)17-13-30(34)41)22(5)18-27(28)37-33-38-31-24(10-14-35-31)32(39-33)36-26-8-6-7-9-29(26)45(42,43)21(3)4;1-19(2)43-27-17-24(22-11-14-39(15-12-22)18-29(33)40)21(5)16-26(27)36-32-37-30-23(10-13-34-30)31(38-32)35-25-8-6-7-9-28(25)44(41,42)20(3)4/h8-12,15,18-21,23H,13-14,16-17H2,1-7H3,(H3,34,35,36,37,38);6-10,14,18-21,23H,11-13,15-17H2,1-5H3,(H2,34,41)(H3,35,36,37,38,39);6-10,13,16-17,19-20,22H,11-12,14-15,18H2,1-5H3,(H2,33,40)(H3,34,35,36,37,38). The number of H-pyrrole nitrogens is 3. The van der Waals surface area contributed by atoms with E-state index in [1.165, 1.54) is 16.7 Å². The van der Waals surface area contributed by atoms with Gasteiger partial charge in [0.15, 0.2) is 29.5 Å². The van der Waals surface area contributed by atoms with Crippen molar-refractivity contribution in [2.24, 2.45) is 11.5 Å². The molecule has 3 saturated heterocycles. The molecule has 134 heavy (non-hydrogen) atoms. The molecule has 6 aromatic carbocycles. The van der Waals surface area contributed by atoms with E-state index in [0.717, 1.165) is 115 Å². The van der Waals surface area contributed by atoms with Crippen molar-refractivity contribution in [1.82, 2.24) is 64.5 Å². The minimum atomic E-state index is -3.54. The van der Waals surface area contributed by atoms with Crippen LogP contribution in [0.5, 0.6) is 17.2 Å². The maximum atomic E-state index is 13.1. The molecule has 4 amide bonds. The summed E-state index contributed by atoms with van der Waals surface area (Å²) in [6, 6.07) is 38.7. The number of nitrogens with zero attached hydrogens (tertiary/aromatic N) is 10. The molecule has 12 aromatic rings. The highest BCUT2D eigenvalue weighted by Crippen LogP contribution is 2.45. The first-order valence-electron chi connectivity index (χ1n) is 45.8. The van der Waals surface area contributed by atoms with Crippen molar-refractivity contribution >= 4 is 150 Å². The molecule has 36 heteroatoms. The van der Waals surface area contributed by atoms with Gasteiger partial charge in [0.1, 0.15) is 51.6 Å². The van der Waals surface area contributed by atoms with Crippen LogP contribution in [0.4, 0.5) is 74.2 Å². The molecule has 0 radical (unpaired) electrons. The normalized spacial score (nSPS) is 14.6. The second-order valence-corrected chi connectivity index (χ2v) is 43.7. The van der Waals surface area contributed by atoms with Crippen LogP contribution in [0, 0.1) is 20.8 Å². The van der Waals surface area contributed by atoms with Crippen LogP contribution in [0.1, 0.15) is 179 Å². The van der Waals surface area contributed by atoms with Crippen molar-refractivity contribution in [1.29, 1.82) is 0 Å². The van der Waals surface area contributed by atoms with Gasteiger partial charge in [-0.25, -0.2) is 30.0 Å². The number of nitrogens with two attached hydrogens (primary N) is 2. The van der Waals surface area contributed by atoms with Gasteiger partial charge in [0, 0.05) is 58.7 Å². The van der Waals surface area contributed by atoms with Gasteiger partial charge in [-0.05, 0) is 311 Å². The number of ether oxygens (including phenoxy) is 3. The van der Waals surface area contributed by atoms with Crippen LogP contribution in [0.3, 0.4) is 0 Å². The summed E-state index contributed by atoms with van der Waals surface area (Å²) in [6.45, 7) is 34.1. The lowest BCUT2D eigenvalue weighted by atomic mass is 9.86. The second-order valence-electron chi connectivity index (χ2n) is 36.3. The van der Waals surface area contributed by atoms with Crippen LogP contribution in [0.15, 0.2) is 161 Å². The van der Waals surface area contributed by atoms with E-state index in [-0.39, 0.29) is 57.4 Å². The minimum Gasteiger partial charge on any atom is -0.489 e. The van der Waals surface area contributed by atoms with Crippen LogP contribution in [0.2, 0.25) is 0 Å². The monoisotopic (exact) mass is 1890 g/mol. The van der Waals surface area contributed by atoms with E-state index in [0.29, 0.717) is 130 Å². The molecule has 0 bridgehead atoms. The van der Waals surface area contributed by atoms with Gasteiger partial charge in [0.2, 0.25) is 29.7 Å². The molecule has 0 aliphatic carbocycles. The van der Waals surface area contributed by atoms with Crippen molar-refractivity contribution in [2.75, 3.05) is 98.4 Å². The zero-order chi connectivity index (χ0) is 96.4. The number of amides is 4. The first-order chi connectivity index (χ1) is 63.7. The van der Waals surface area contributed by atoms with E-state index in [2.05, 4.69) is 114 Å². The van der Waals surface area contributed by atoms with Gasteiger partial charge in [-0.15, -0.1) is 0 Å². The van der Waals surface area contributed by atoms with Gasteiger partial charge in [-0.3, -0.25) is 14.5 Å². The number of carbonyl (C=O) groups is 3. The summed E-state index contributed by atoms with van der Waals surface area (Å²) in [5.74, 6) is 4.94. The first kappa shape index (κ1) is 98.9. The number of nitrogens with one attached hydrogen (secondary N) is 9. The molecule has 0 spiro atoms. The maximum Gasteiger partial charge on any atom is 0.319 e. The predicted molar refractivity (Wildman–Crippen MR) is 531 cm³/mol. The third-order valence-corrected chi connectivity index (χ3v) is 30.7. The summed E-state index contributed by atoms with van der Waals surface area (Å²) in [4.78, 5) is 81.5. The molecular weight excluding hydrogens is 1760 g/mol. The number of benzene rings is 6. The summed E-state index contributed by atoms with van der Waals surface area (Å²) >= 11 is 0. The van der Waals surface area contributed by atoms with Gasteiger partial charge >= 0.3 is 6.03 Å². The highest BCUT2D eigenvalue weighted by atomic mass is 32.2. The summed E-state index contributed by atoms with van der Waals surface area (Å²) in [5, 5.41) is 20.4. The number of piperidine rings is 3. The zero-order valence-electron chi connectivity index (χ0n) is 79.4. The van der Waals surface area contributed by atoms with Crippen molar-refractivity contribution < 1.29 is 53.8 Å². The van der Waals surface area contributed by atoms with Crippen LogP contribution >= 0.6 is 0 Å². The summed E-state index contributed by atoms with van der Waals surface area (Å²) in [6.07, 6.45) is 11.1. The molecule has 9 heterocycles. The van der Waals surface area contributed by atoms with Gasteiger partial charge in [-0.2, -0.15) is 29.9 Å². The Morgan fingerprint density at radius 2 is 0.701 bits per heavy atom. The number of hydrogen-bond acceptors (Lipinski definition) is 26. The van der Waals surface area contributed by atoms with Gasteiger partial charge in [-0.1, -0.05) is 36.4 Å². The third kappa shape index (κ3) is 23.7. The molecule has 0 atom stereocenters. The summed E-state index contributed by atoms with van der Waals surface area (Å²) < 4.78 is 97.5. The zero-order valence-corrected chi connectivity index (χ0v) is 81.9. The number of rotatable bonds is 32. The van der Waals surface area contributed by atoms with Crippen molar-refractivity contribution in [3.05, 3.63) is 179 Å². The van der Waals surface area contributed by atoms with Crippen molar-refractivity contribution in [3.8, 4) is 17.2 Å². The second kappa shape index (κ2) is 42.7. The lowest BCUT2D eigenvalue weighted by molar-refractivity contribution is -0.119. The van der Waals surface area contributed by atoms with Gasteiger partial charge < -0.3 is 87.2 Å². The molecule has 15 rings (SSSR count). The molecule has 33 nitrogen and oxygen atoms in total. The molecular formula is C98H127N21O12S3. The third-order valence-electron chi connectivity index (χ3n) is 24.1. The fourth-order valence-corrected chi connectivity index (χ4v) is 20.6. The Bertz CT molecular complexity index is 6570. The number of sulfone groups is 3. The Morgan fingerprint density at radius 3 is 0.985 bits per heavy atom. The van der Waals surface area contributed by atoms with Crippen LogP contribution < -0.4 is 57.6 Å². The minimum absolute atomic E-state index is 0.0477. The number of para-hydroxylation sites is 3. The largest absolute Gasteiger partial charge is 0.489 e. The summed E-state index contributed by atoms with van der Waals surface area (Å²) in [7, 11) is -7.05. The molecule has 714 valence electrons. The molecule has 0 saturated carbocycles. The van der Waals surface area contributed by atoms with Crippen LogP contribution in [0.25, 0.3) is 33.1 Å². The number of aromatic nitrogens is 9. The summed E-state index contributed by atoms with van der Waals surface area (Å²) in [5.41, 5.74) is 23.1. The van der Waals surface area contributed by atoms with Crippen LogP contribution in [-0.2, 0) is 39.1 Å². The number of primary amides is 2. The van der Waals surface area contributed by atoms with E-state index in [1.54, 1.807) is 152 Å². The lowest BCUT2D eigenvalue weighted by Crippen LogP contribution is -2.43. The number of anilines is 12. The number of hydrogen-bond donors (Lipinski definition) is 11. The molecule has 0 unspecified atom stereocenters. The average molecular weight is 1890 g/mol. The Hall–Kier alpha value is -12.6. The van der Waals surface area contributed by atoms with Crippen molar-refractivity contribution in [2.45, 2.75) is 215 Å². The fraction of sp³-hybridized carbons (Fsp3) is 0.418. The Balaban J connectivity index is 0.000000170. The van der Waals surface area contributed by atoms with E-state index < -0.39 is 45.3 Å². The number of carbonyl (C=O) groups excluding carboxylic acids is 3. The number of aromatic amines is 3. The Morgan fingerprint density at radius 1 is 0.403 bits per heavy atom. The maximum absolute atomic E-state index is 13.1. The van der Waals surface area contributed by atoms with E-state index >= 15 is 0 Å². The number of likely N-dealkylation sites (tertiary alicyclic amines) is 3. The van der Waals surface area contributed by atoms with E-state index in [4.69, 9.17) is 55.6 Å². The number of urea groups is 1. The lowest BCUT2D eigenvalue weighted by Gasteiger charge is -2.34. The highest BCUT2D eigenvalue weighted by Gasteiger charge is 2.33. The smallest absolute Gasteiger partial charge is 0.319 e. The fourth-order valence-electron chi connectivity index (χ4n) is 17.0. The van der Waals surface area contributed by atoms with E-state index in [1.807, 2.05) is 64.6 Å². The van der Waals surface area contributed by atoms with Crippen LogP contribution in [-0.4, -0.2) is 208 Å². The highest BCUT2D eigenvalue weighted by molar-refractivity contribution is 7.92. The molecule has 3 fully saturated rings. The number of fused-ring (bicyclic) bond motifs is 3. The van der Waals surface area contributed by atoms with E-state index in [9.17, 15) is 39.6 Å². The quantitative estimate of drug-likeness (QED) is 0.0186. The Kier molecular flexibility index (Phi) is 31.5. The first-order valence-corrected chi connectivity index (χ1v) is 50.4.